The van der Waals surface area contributed by atoms with Crippen LogP contribution in [-0.2, 0) is 10.0 Å². The van der Waals surface area contributed by atoms with Crippen LogP contribution in [0.2, 0.25) is 0 Å². The molecule has 0 saturated carbocycles. The Balaban J connectivity index is 1.41. The van der Waals surface area contributed by atoms with Crippen LogP contribution in [0.1, 0.15) is 13.3 Å². The first kappa shape index (κ1) is 23.3. The van der Waals surface area contributed by atoms with Gasteiger partial charge in [0.1, 0.15) is 11.5 Å². The van der Waals surface area contributed by atoms with E-state index in [0.717, 1.165) is 32.6 Å². The summed E-state index contributed by atoms with van der Waals surface area (Å²) in [6.07, 6.45) is 3.25. The zero-order chi connectivity index (χ0) is 22.6. The minimum Gasteiger partial charge on any atom is -0.457 e. The monoisotopic (exact) mass is 473 g/mol. The molecule has 2 aliphatic rings. The van der Waals surface area contributed by atoms with Gasteiger partial charge in [0, 0.05) is 44.0 Å². The number of para-hydroxylation sites is 1. The van der Waals surface area contributed by atoms with E-state index in [0.29, 0.717) is 23.3 Å². The number of ether oxygens (including phenoxy) is 1. The maximum atomic E-state index is 13.0. The smallest absolute Gasteiger partial charge is 0.240 e. The van der Waals surface area contributed by atoms with Crippen LogP contribution in [-0.4, -0.2) is 69.3 Å². The molecule has 4 rings (SSSR count). The first-order valence-electron chi connectivity index (χ1n) is 11.0. The van der Waals surface area contributed by atoms with Gasteiger partial charge in [0.05, 0.1) is 4.90 Å². The number of hydrogen-bond acceptors (Lipinski definition) is 6. The van der Waals surface area contributed by atoms with Crippen molar-refractivity contribution in [2.24, 2.45) is 0 Å². The van der Waals surface area contributed by atoms with Crippen molar-refractivity contribution in [2.75, 3.05) is 39.8 Å². The molecule has 8 heteroatoms. The van der Waals surface area contributed by atoms with Gasteiger partial charge in [0.15, 0.2) is 0 Å². The van der Waals surface area contributed by atoms with Crippen molar-refractivity contribution in [3.05, 3.63) is 65.6 Å². The van der Waals surface area contributed by atoms with Crippen molar-refractivity contribution in [2.45, 2.75) is 29.5 Å². The SMILES string of the molecule is CC1=CCC(C(CNS(=O)(=O)c2ccc(Oc3ccccc3)cc2)N2CCN(C)CC2)S1. The number of thioether (sulfide) groups is 1. The van der Waals surface area contributed by atoms with Gasteiger partial charge in [-0.1, -0.05) is 24.3 Å². The van der Waals surface area contributed by atoms with Crippen LogP contribution in [0.25, 0.3) is 0 Å². The molecule has 2 unspecified atom stereocenters. The van der Waals surface area contributed by atoms with Crippen LogP contribution in [0.4, 0.5) is 0 Å². The summed E-state index contributed by atoms with van der Waals surface area (Å²) in [6.45, 7) is 6.49. The molecule has 0 aromatic heterocycles. The Morgan fingerprint density at radius 1 is 1.03 bits per heavy atom. The largest absolute Gasteiger partial charge is 0.457 e. The number of allylic oxidation sites excluding steroid dienone is 2. The fraction of sp³-hybridized carbons (Fsp3) is 0.417. The van der Waals surface area contributed by atoms with E-state index in [1.165, 1.54) is 4.91 Å². The number of piperazine rings is 1. The van der Waals surface area contributed by atoms with E-state index in [1.807, 2.05) is 42.1 Å². The van der Waals surface area contributed by atoms with Crippen LogP contribution in [0.3, 0.4) is 0 Å². The Kier molecular flexibility index (Phi) is 7.58. The summed E-state index contributed by atoms with van der Waals surface area (Å²) in [7, 11) is -1.47. The van der Waals surface area contributed by atoms with Gasteiger partial charge in [0.25, 0.3) is 0 Å². The molecule has 0 spiro atoms. The fourth-order valence-corrected chi connectivity index (χ4v) is 6.43. The highest BCUT2D eigenvalue weighted by atomic mass is 32.2. The second-order valence-electron chi connectivity index (χ2n) is 8.35. The third-order valence-electron chi connectivity index (χ3n) is 6.01. The molecule has 0 bridgehead atoms. The molecule has 2 atom stereocenters. The number of hydrogen-bond donors (Lipinski definition) is 1. The van der Waals surface area contributed by atoms with E-state index in [-0.39, 0.29) is 10.9 Å². The maximum Gasteiger partial charge on any atom is 0.240 e. The summed E-state index contributed by atoms with van der Waals surface area (Å²) in [5.41, 5.74) is 0. The Bertz CT molecular complexity index is 1020. The molecule has 2 aromatic rings. The molecule has 1 fully saturated rings. The lowest BCUT2D eigenvalue weighted by molar-refractivity contribution is 0.111. The van der Waals surface area contributed by atoms with Gasteiger partial charge in [-0.3, -0.25) is 4.90 Å². The van der Waals surface area contributed by atoms with Crippen molar-refractivity contribution in [1.29, 1.82) is 0 Å². The summed E-state index contributed by atoms with van der Waals surface area (Å²) >= 11 is 1.87. The first-order chi connectivity index (χ1) is 15.4. The number of nitrogens with one attached hydrogen (secondary N) is 1. The zero-order valence-corrected chi connectivity index (χ0v) is 20.2. The van der Waals surface area contributed by atoms with Crippen LogP contribution < -0.4 is 9.46 Å². The van der Waals surface area contributed by atoms with E-state index in [9.17, 15) is 8.42 Å². The minimum absolute atomic E-state index is 0.165. The summed E-state index contributed by atoms with van der Waals surface area (Å²) < 4.78 is 34.7. The zero-order valence-electron chi connectivity index (χ0n) is 18.6. The average Bonchev–Trinajstić information content (AvgIpc) is 3.22. The van der Waals surface area contributed by atoms with Gasteiger partial charge in [0.2, 0.25) is 10.0 Å². The predicted molar refractivity (Wildman–Crippen MR) is 131 cm³/mol. The van der Waals surface area contributed by atoms with Crippen LogP contribution in [0.5, 0.6) is 11.5 Å². The molecular formula is C24H31N3O3S2. The summed E-state index contributed by atoms with van der Waals surface area (Å²) in [5, 5.41) is 0.378. The third kappa shape index (κ3) is 5.94. The van der Waals surface area contributed by atoms with Crippen molar-refractivity contribution >= 4 is 21.8 Å². The fourth-order valence-electron chi connectivity index (χ4n) is 4.09. The van der Waals surface area contributed by atoms with E-state index in [1.54, 1.807) is 24.3 Å². The summed E-state index contributed by atoms with van der Waals surface area (Å²) in [5.74, 6) is 1.32. The molecule has 172 valence electrons. The van der Waals surface area contributed by atoms with E-state index >= 15 is 0 Å². The van der Waals surface area contributed by atoms with Gasteiger partial charge >= 0.3 is 0 Å². The lowest BCUT2D eigenvalue weighted by Crippen LogP contribution is -2.55. The molecule has 6 nitrogen and oxygen atoms in total. The van der Waals surface area contributed by atoms with Gasteiger partial charge in [-0.15, -0.1) is 11.8 Å². The predicted octanol–water partition coefficient (Wildman–Crippen LogP) is 3.78. The van der Waals surface area contributed by atoms with Crippen molar-refractivity contribution in [1.82, 2.24) is 14.5 Å². The Morgan fingerprint density at radius 3 is 2.31 bits per heavy atom. The lowest BCUT2D eigenvalue weighted by atomic mass is 10.1. The van der Waals surface area contributed by atoms with E-state index < -0.39 is 10.0 Å². The van der Waals surface area contributed by atoms with Crippen LogP contribution in [0.15, 0.2) is 70.5 Å². The molecule has 2 aliphatic heterocycles. The quantitative estimate of drug-likeness (QED) is 0.630. The van der Waals surface area contributed by atoms with E-state index in [2.05, 4.69) is 34.6 Å². The first-order valence-corrected chi connectivity index (χ1v) is 13.4. The number of benzene rings is 2. The van der Waals surface area contributed by atoms with Gasteiger partial charge in [-0.05, 0) is 61.7 Å². The maximum absolute atomic E-state index is 13.0. The second-order valence-corrected chi connectivity index (χ2v) is 11.6. The summed E-state index contributed by atoms with van der Waals surface area (Å²) in [6, 6.07) is 16.2. The highest BCUT2D eigenvalue weighted by molar-refractivity contribution is 8.03. The highest BCUT2D eigenvalue weighted by Gasteiger charge is 2.33. The Morgan fingerprint density at radius 2 is 1.69 bits per heavy atom. The number of nitrogens with zero attached hydrogens (tertiary/aromatic N) is 2. The minimum atomic E-state index is -3.61. The van der Waals surface area contributed by atoms with Crippen LogP contribution in [0, 0.1) is 0 Å². The normalized spacial score (nSPS) is 21.3. The number of rotatable bonds is 8. The lowest BCUT2D eigenvalue weighted by Gasteiger charge is -2.40. The third-order valence-corrected chi connectivity index (χ3v) is 8.79. The molecular weight excluding hydrogens is 442 g/mol. The van der Waals surface area contributed by atoms with Crippen molar-refractivity contribution < 1.29 is 13.2 Å². The average molecular weight is 474 g/mol. The molecule has 0 radical (unpaired) electrons. The van der Waals surface area contributed by atoms with Crippen molar-refractivity contribution in [3.63, 3.8) is 0 Å². The Labute approximate surface area is 195 Å². The molecule has 1 saturated heterocycles. The van der Waals surface area contributed by atoms with Crippen molar-refractivity contribution in [3.8, 4) is 11.5 Å². The number of likely N-dealkylation sites (N-methyl/N-ethyl adjacent to an activating group) is 1. The highest BCUT2D eigenvalue weighted by Crippen LogP contribution is 2.35. The summed E-state index contributed by atoms with van der Waals surface area (Å²) in [4.78, 5) is 6.35. The molecule has 32 heavy (non-hydrogen) atoms. The van der Waals surface area contributed by atoms with Gasteiger partial charge < -0.3 is 9.64 Å². The van der Waals surface area contributed by atoms with E-state index in [4.69, 9.17) is 4.74 Å². The van der Waals surface area contributed by atoms with Crippen LogP contribution >= 0.6 is 11.8 Å². The Hall–Kier alpha value is -1.84. The second kappa shape index (κ2) is 10.4. The molecule has 0 aliphatic carbocycles. The van der Waals surface area contributed by atoms with Gasteiger partial charge in [-0.2, -0.15) is 0 Å². The van der Waals surface area contributed by atoms with Gasteiger partial charge in [-0.25, -0.2) is 13.1 Å². The topological polar surface area (TPSA) is 61.9 Å². The number of sulfonamides is 1. The molecule has 0 amide bonds. The molecule has 2 heterocycles. The molecule has 1 N–H and O–H groups in total. The molecule has 2 aromatic carbocycles. The standard InChI is InChI=1S/C24H31N3O3S2/c1-19-8-13-24(31-19)23(27-16-14-26(2)15-17-27)18-25-32(28,29)22-11-9-21(10-12-22)30-20-6-4-3-5-7-20/h3-12,23-25H,13-18H2,1-2H3.